The van der Waals surface area contributed by atoms with E-state index in [2.05, 4.69) is 15.3 Å². The second kappa shape index (κ2) is 8.05. The summed E-state index contributed by atoms with van der Waals surface area (Å²) < 4.78 is 38.7. The molecule has 0 bridgehead atoms. The minimum absolute atomic E-state index is 0.0824. The number of benzene rings is 1. The highest BCUT2D eigenvalue weighted by molar-refractivity contribution is 5.95. The number of carbonyl (C=O) groups is 2. The first-order chi connectivity index (χ1) is 14.7. The van der Waals surface area contributed by atoms with Gasteiger partial charge in [-0.15, -0.1) is 0 Å². The summed E-state index contributed by atoms with van der Waals surface area (Å²) in [5.41, 5.74) is 1.97. The molecule has 0 unspecified atom stereocenters. The van der Waals surface area contributed by atoms with Crippen molar-refractivity contribution >= 4 is 28.5 Å². The first-order valence-corrected chi connectivity index (χ1v) is 9.94. The molecule has 0 atom stereocenters. The molecule has 4 rings (SSSR count). The molecule has 6 nitrogen and oxygen atoms in total. The van der Waals surface area contributed by atoms with E-state index in [9.17, 15) is 22.8 Å². The number of aromatic amines is 1. The second-order valence-corrected chi connectivity index (χ2v) is 7.68. The molecule has 1 saturated heterocycles. The fourth-order valence-electron chi connectivity index (χ4n) is 3.88. The number of nitrogens with zero attached hydrogens (tertiary/aromatic N) is 2. The number of aromatic nitrogens is 2. The molecule has 0 radical (unpaired) electrons. The smallest absolute Gasteiger partial charge is 0.357 e. The number of likely N-dealkylation sites (tertiary alicyclic amines) is 1. The Balaban J connectivity index is 1.41. The Morgan fingerprint density at radius 2 is 1.77 bits per heavy atom. The molecule has 162 valence electrons. The molecule has 0 spiro atoms. The minimum atomic E-state index is -4.47. The Labute approximate surface area is 176 Å². The van der Waals surface area contributed by atoms with Gasteiger partial charge in [0.25, 0.3) is 5.91 Å². The number of hydrogen-bond acceptors (Lipinski definition) is 3. The zero-order valence-electron chi connectivity index (χ0n) is 16.8. The number of amides is 2. The number of anilines is 1. The summed E-state index contributed by atoms with van der Waals surface area (Å²) in [6.07, 6.45) is -3.07. The Kier molecular flexibility index (Phi) is 5.43. The van der Waals surface area contributed by atoms with Gasteiger partial charge in [0.1, 0.15) is 5.69 Å². The molecule has 1 aliphatic heterocycles. The summed E-state index contributed by atoms with van der Waals surface area (Å²) in [5, 5.41) is 2.66. The number of alkyl halides is 3. The molecule has 1 aromatic carbocycles. The van der Waals surface area contributed by atoms with Gasteiger partial charge in [-0.25, -0.2) is 4.98 Å². The number of hydrogen-bond donors (Lipinski definition) is 2. The van der Waals surface area contributed by atoms with Gasteiger partial charge in [-0.3, -0.25) is 9.59 Å². The van der Waals surface area contributed by atoms with Crippen LogP contribution in [0.5, 0.6) is 0 Å². The van der Waals surface area contributed by atoms with Crippen molar-refractivity contribution in [2.45, 2.75) is 31.9 Å². The van der Waals surface area contributed by atoms with Gasteiger partial charge in [0.2, 0.25) is 5.91 Å². The number of carbonyl (C=O) groups excluding carboxylic acids is 2. The van der Waals surface area contributed by atoms with E-state index >= 15 is 0 Å². The van der Waals surface area contributed by atoms with Gasteiger partial charge in [0.05, 0.1) is 11.0 Å². The van der Waals surface area contributed by atoms with Gasteiger partial charge in [-0.05, 0) is 55.3 Å². The molecule has 0 saturated carbocycles. The van der Waals surface area contributed by atoms with Gasteiger partial charge in [-0.1, -0.05) is 0 Å². The number of pyridine rings is 1. The monoisotopic (exact) mass is 430 g/mol. The maximum absolute atomic E-state index is 12.9. The Bertz CT molecular complexity index is 1110. The zero-order chi connectivity index (χ0) is 22.2. The van der Waals surface area contributed by atoms with E-state index < -0.39 is 11.9 Å². The molecule has 9 heteroatoms. The minimum Gasteiger partial charge on any atom is -0.357 e. The van der Waals surface area contributed by atoms with Crippen molar-refractivity contribution in [3.05, 3.63) is 59.4 Å². The number of piperidine rings is 1. The maximum Gasteiger partial charge on any atom is 0.433 e. The fraction of sp³-hybridized carbons (Fsp3) is 0.318. The van der Waals surface area contributed by atoms with Crippen LogP contribution in [0, 0.1) is 0 Å². The summed E-state index contributed by atoms with van der Waals surface area (Å²) in [6, 6.07) is 10.8. The highest BCUT2D eigenvalue weighted by atomic mass is 19.4. The van der Waals surface area contributed by atoms with Gasteiger partial charge in [0.15, 0.2) is 0 Å². The van der Waals surface area contributed by atoms with Crippen LogP contribution in [0.2, 0.25) is 0 Å². The molecule has 2 amide bonds. The lowest BCUT2D eigenvalue weighted by atomic mass is 9.93. The normalized spacial score (nSPS) is 15.3. The van der Waals surface area contributed by atoms with Crippen molar-refractivity contribution < 1.29 is 22.8 Å². The average Bonchev–Trinajstić information content (AvgIpc) is 3.16. The van der Waals surface area contributed by atoms with Crippen LogP contribution in [0.15, 0.2) is 42.5 Å². The lowest BCUT2D eigenvalue weighted by molar-refractivity contribution is -0.141. The van der Waals surface area contributed by atoms with E-state index in [1.807, 2.05) is 0 Å². The Morgan fingerprint density at radius 3 is 2.39 bits per heavy atom. The van der Waals surface area contributed by atoms with Gasteiger partial charge >= 0.3 is 6.18 Å². The van der Waals surface area contributed by atoms with Crippen molar-refractivity contribution in [2.75, 3.05) is 18.4 Å². The van der Waals surface area contributed by atoms with E-state index in [-0.39, 0.29) is 17.7 Å². The van der Waals surface area contributed by atoms with Crippen LogP contribution in [-0.4, -0.2) is 39.8 Å². The summed E-state index contributed by atoms with van der Waals surface area (Å²) in [4.78, 5) is 32.5. The van der Waals surface area contributed by atoms with Crippen molar-refractivity contribution in [3.8, 4) is 0 Å². The highest BCUT2D eigenvalue weighted by Crippen LogP contribution is 2.32. The molecule has 1 fully saturated rings. The predicted molar refractivity (Wildman–Crippen MR) is 110 cm³/mol. The Hall–Kier alpha value is -3.36. The molecule has 2 N–H and O–H groups in total. The van der Waals surface area contributed by atoms with Gasteiger partial charge in [0, 0.05) is 42.9 Å². The van der Waals surface area contributed by atoms with Crippen LogP contribution in [-0.2, 0) is 11.0 Å². The fourth-order valence-corrected chi connectivity index (χ4v) is 3.88. The van der Waals surface area contributed by atoms with E-state index in [1.165, 1.54) is 13.0 Å². The number of fused-ring (bicyclic) bond motifs is 1. The van der Waals surface area contributed by atoms with E-state index in [1.54, 1.807) is 35.2 Å². The third-order valence-electron chi connectivity index (χ3n) is 5.46. The Morgan fingerprint density at radius 1 is 1.10 bits per heavy atom. The molecule has 1 aliphatic rings. The molecular formula is C22H21F3N4O2. The van der Waals surface area contributed by atoms with E-state index in [0.29, 0.717) is 48.2 Å². The van der Waals surface area contributed by atoms with E-state index in [4.69, 9.17) is 0 Å². The molecule has 3 aromatic rings. The van der Waals surface area contributed by atoms with Crippen molar-refractivity contribution in [2.24, 2.45) is 0 Å². The number of nitrogens with one attached hydrogen (secondary N) is 2. The molecule has 31 heavy (non-hydrogen) atoms. The van der Waals surface area contributed by atoms with E-state index in [0.717, 1.165) is 11.8 Å². The van der Waals surface area contributed by atoms with Crippen LogP contribution in [0.4, 0.5) is 18.9 Å². The third-order valence-corrected chi connectivity index (χ3v) is 5.46. The summed E-state index contributed by atoms with van der Waals surface area (Å²) in [6.45, 7) is 2.52. The maximum atomic E-state index is 12.9. The average molecular weight is 430 g/mol. The highest BCUT2D eigenvalue weighted by Gasteiger charge is 2.33. The van der Waals surface area contributed by atoms with Crippen molar-refractivity contribution in [1.29, 1.82) is 0 Å². The topological polar surface area (TPSA) is 78.1 Å². The van der Waals surface area contributed by atoms with Crippen LogP contribution in [0.25, 0.3) is 11.0 Å². The van der Waals surface area contributed by atoms with Crippen LogP contribution < -0.4 is 5.32 Å². The molecular weight excluding hydrogens is 409 g/mol. The lowest BCUT2D eigenvalue weighted by Crippen LogP contribution is -2.38. The van der Waals surface area contributed by atoms with Gasteiger partial charge < -0.3 is 15.2 Å². The van der Waals surface area contributed by atoms with Crippen LogP contribution in [0.1, 0.15) is 47.4 Å². The standard InChI is InChI=1S/C22H21F3N4O2/c1-13(30)26-16-4-2-15(3-5-16)21(31)29-10-8-14(9-11-29)18-12-19-17(27-18)6-7-20(28-19)22(23,24)25/h2-7,12,14,27H,8-11H2,1H3,(H,26,30). The third kappa shape index (κ3) is 4.55. The summed E-state index contributed by atoms with van der Waals surface area (Å²) in [5.74, 6) is -0.140. The number of halogens is 3. The van der Waals surface area contributed by atoms with Gasteiger partial charge in [-0.2, -0.15) is 13.2 Å². The first kappa shape index (κ1) is 20.9. The predicted octanol–water partition coefficient (Wildman–Crippen LogP) is 4.56. The molecule has 3 heterocycles. The van der Waals surface area contributed by atoms with Crippen molar-refractivity contribution in [3.63, 3.8) is 0 Å². The SMILES string of the molecule is CC(=O)Nc1ccc(C(=O)N2CCC(c3cc4nc(C(F)(F)F)ccc4[nH]3)CC2)cc1. The largest absolute Gasteiger partial charge is 0.433 e. The quantitative estimate of drug-likeness (QED) is 0.640. The zero-order valence-corrected chi connectivity index (χ0v) is 16.8. The summed E-state index contributed by atoms with van der Waals surface area (Å²) in [7, 11) is 0. The first-order valence-electron chi connectivity index (χ1n) is 9.94. The number of rotatable bonds is 3. The summed E-state index contributed by atoms with van der Waals surface area (Å²) >= 11 is 0. The molecule has 0 aliphatic carbocycles. The number of H-pyrrole nitrogens is 1. The van der Waals surface area contributed by atoms with Crippen LogP contribution in [0.3, 0.4) is 0 Å². The van der Waals surface area contributed by atoms with Crippen molar-refractivity contribution in [1.82, 2.24) is 14.9 Å². The second-order valence-electron chi connectivity index (χ2n) is 7.68. The molecule has 2 aromatic heterocycles. The lowest BCUT2D eigenvalue weighted by Gasteiger charge is -2.31. The van der Waals surface area contributed by atoms with Crippen LogP contribution >= 0.6 is 0 Å².